The molecule has 4 heteroatoms. The van der Waals surface area contributed by atoms with Crippen molar-refractivity contribution in [2.75, 3.05) is 17.3 Å². The summed E-state index contributed by atoms with van der Waals surface area (Å²) in [5.74, 6) is 0.720. The zero-order valence-electron chi connectivity index (χ0n) is 10.0. The molecule has 1 aromatic heterocycles. The Kier molecular flexibility index (Phi) is 4.09. The molecule has 1 aliphatic heterocycles. The Morgan fingerprint density at radius 1 is 1.38 bits per heavy atom. The van der Waals surface area contributed by atoms with E-state index in [0.717, 1.165) is 18.1 Å². The SMILES string of the molecule is Cc1nc(N2CCCCCC2CCl)sc1C. The zero-order valence-corrected chi connectivity index (χ0v) is 11.6. The van der Waals surface area contributed by atoms with Crippen molar-refractivity contribution in [2.24, 2.45) is 0 Å². The Labute approximate surface area is 107 Å². The van der Waals surface area contributed by atoms with Crippen LogP contribution in [0.25, 0.3) is 0 Å². The van der Waals surface area contributed by atoms with E-state index in [1.807, 2.05) is 0 Å². The largest absolute Gasteiger partial charge is 0.344 e. The van der Waals surface area contributed by atoms with Gasteiger partial charge in [-0.3, -0.25) is 0 Å². The van der Waals surface area contributed by atoms with Crippen molar-refractivity contribution in [1.29, 1.82) is 0 Å². The van der Waals surface area contributed by atoms with Gasteiger partial charge in [0.25, 0.3) is 0 Å². The maximum atomic E-state index is 6.08. The van der Waals surface area contributed by atoms with Crippen molar-refractivity contribution in [1.82, 2.24) is 4.98 Å². The first-order chi connectivity index (χ1) is 7.72. The molecule has 90 valence electrons. The van der Waals surface area contributed by atoms with E-state index in [1.54, 1.807) is 11.3 Å². The molecule has 2 nitrogen and oxygen atoms in total. The smallest absolute Gasteiger partial charge is 0.186 e. The minimum atomic E-state index is 0.481. The fourth-order valence-electron chi connectivity index (χ4n) is 2.17. The van der Waals surface area contributed by atoms with Crippen LogP contribution < -0.4 is 4.90 Å². The summed E-state index contributed by atoms with van der Waals surface area (Å²) in [4.78, 5) is 8.41. The van der Waals surface area contributed by atoms with Crippen LogP contribution >= 0.6 is 22.9 Å². The molecule has 0 spiro atoms. The Bertz CT molecular complexity index is 331. The molecule has 1 unspecified atom stereocenters. The van der Waals surface area contributed by atoms with Crippen molar-refractivity contribution in [3.8, 4) is 0 Å². The summed E-state index contributed by atoms with van der Waals surface area (Å²) in [6.45, 7) is 5.34. The molecular formula is C12H19ClN2S. The topological polar surface area (TPSA) is 16.1 Å². The van der Waals surface area contributed by atoms with Gasteiger partial charge in [-0.2, -0.15) is 0 Å². The van der Waals surface area contributed by atoms with Gasteiger partial charge < -0.3 is 4.90 Å². The van der Waals surface area contributed by atoms with Crippen LogP contribution in [0, 0.1) is 13.8 Å². The van der Waals surface area contributed by atoms with E-state index in [0.29, 0.717) is 6.04 Å². The monoisotopic (exact) mass is 258 g/mol. The number of anilines is 1. The van der Waals surface area contributed by atoms with Crippen LogP contribution in [0.1, 0.15) is 36.3 Å². The first-order valence-corrected chi connectivity index (χ1v) is 7.34. The van der Waals surface area contributed by atoms with E-state index < -0.39 is 0 Å². The van der Waals surface area contributed by atoms with Crippen LogP contribution in [0.4, 0.5) is 5.13 Å². The van der Waals surface area contributed by atoms with Crippen molar-refractivity contribution in [3.63, 3.8) is 0 Å². The van der Waals surface area contributed by atoms with Gasteiger partial charge >= 0.3 is 0 Å². The van der Waals surface area contributed by atoms with E-state index in [-0.39, 0.29) is 0 Å². The summed E-state index contributed by atoms with van der Waals surface area (Å²) in [5, 5.41) is 1.17. The van der Waals surface area contributed by atoms with Crippen molar-refractivity contribution in [2.45, 2.75) is 45.6 Å². The molecule has 1 atom stereocenters. The summed E-state index contributed by atoms with van der Waals surface area (Å²) < 4.78 is 0. The Morgan fingerprint density at radius 2 is 2.19 bits per heavy atom. The maximum absolute atomic E-state index is 6.08. The quantitative estimate of drug-likeness (QED) is 0.751. The predicted molar refractivity (Wildman–Crippen MR) is 71.9 cm³/mol. The molecule has 1 fully saturated rings. The van der Waals surface area contributed by atoms with Gasteiger partial charge in [-0.15, -0.1) is 22.9 Å². The molecule has 0 radical (unpaired) electrons. The number of aromatic nitrogens is 1. The van der Waals surface area contributed by atoms with Crippen molar-refractivity contribution >= 4 is 28.1 Å². The minimum absolute atomic E-state index is 0.481. The standard InChI is InChI=1S/C12H19ClN2S/c1-9-10(2)16-12(14-9)15-7-5-3-4-6-11(15)8-13/h11H,3-8H2,1-2H3. The van der Waals surface area contributed by atoms with Crippen LogP contribution in [0.2, 0.25) is 0 Å². The van der Waals surface area contributed by atoms with Gasteiger partial charge in [0.05, 0.1) is 5.69 Å². The second-order valence-electron chi connectivity index (χ2n) is 4.49. The molecule has 2 rings (SSSR count). The summed E-state index contributed by atoms with van der Waals surface area (Å²) >= 11 is 7.88. The van der Waals surface area contributed by atoms with Crippen LogP contribution in [-0.2, 0) is 0 Å². The predicted octanol–water partition coefficient (Wildman–Crippen LogP) is 3.75. The number of hydrogen-bond acceptors (Lipinski definition) is 3. The van der Waals surface area contributed by atoms with E-state index in [2.05, 4.69) is 23.7 Å². The lowest BCUT2D eigenvalue weighted by molar-refractivity contribution is 0.619. The second-order valence-corrected chi connectivity index (χ2v) is 5.98. The normalized spacial score (nSPS) is 22.2. The molecule has 1 saturated heterocycles. The highest BCUT2D eigenvalue weighted by molar-refractivity contribution is 7.15. The average Bonchev–Trinajstić information content (AvgIpc) is 2.53. The number of halogens is 1. The molecule has 0 aromatic carbocycles. The number of aryl methyl sites for hydroxylation is 2. The molecule has 1 aliphatic rings. The van der Waals surface area contributed by atoms with Gasteiger partial charge in [0, 0.05) is 23.3 Å². The van der Waals surface area contributed by atoms with E-state index >= 15 is 0 Å². The van der Waals surface area contributed by atoms with Crippen LogP contribution in [0.5, 0.6) is 0 Å². The molecular weight excluding hydrogens is 240 g/mol. The molecule has 0 N–H and O–H groups in total. The molecule has 1 aromatic rings. The molecule has 2 heterocycles. The van der Waals surface area contributed by atoms with Gasteiger partial charge in [0.2, 0.25) is 0 Å². The molecule has 0 saturated carbocycles. The van der Waals surface area contributed by atoms with Gasteiger partial charge in [0.15, 0.2) is 5.13 Å². The van der Waals surface area contributed by atoms with Crippen LogP contribution in [-0.4, -0.2) is 23.5 Å². The molecule has 16 heavy (non-hydrogen) atoms. The lowest BCUT2D eigenvalue weighted by Crippen LogP contribution is -2.36. The highest BCUT2D eigenvalue weighted by Gasteiger charge is 2.23. The Hall–Kier alpha value is -0.280. The molecule has 0 aliphatic carbocycles. The Balaban J connectivity index is 2.21. The van der Waals surface area contributed by atoms with Crippen LogP contribution in [0.3, 0.4) is 0 Å². The number of rotatable bonds is 2. The lowest BCUT2D eigenvalue weighted by Gasteiger charge is -2.27. The highest BCUT2D eigenvalue weighted by atomic mass is 35.5. The summed E-state index contributed by atoms with van der Waals surface area (Å²) in [6, 6.07) is 0.481. The fourth-order valence-corrected chi connectivity index (χ4v) is 3.50. The third-order valence-corrected chi connectivity index (χ3v) is 4.78. The van der Waals surface area contributed by atoms with Crippen molar-refractivity contribution < 1.29 is 0 Å². The van der Waals surface area contributed by atoms with Gasteiger partial charge in [-0.05, 0) is 26.7 Å². The molecule has 0 bridgehead atoms. The van der Waals surface area contributed by atoms with Gasteiger partial charge in [0.1, 0.15) is 0 Å². The second kappa shape index (κ2) is 5.37. The molecule has 0 amide bonds. The lowest BCUT2D eigenvalue weighted by atomic mass is 10.1. The third-order valence-electron chi connectivity index (χ3n) is 3.32. The zero-order chi connectivity index (χ0) is 11.5. The summed E-state index contributed by atoms with van der Waals surface area (Å²) in [7, 11) is 0. The van der Waals surface area contributed by atoms with E-state index in [4.69, 9.17) is 11.6 Å². The van der Waals surface area contributed by atoms with Gasteiger partial charge in [-0.1, -0.05) is 12.8 Å². The maximum Gasteiger partial charge on any atom is 0.186 e. The summed E-state index contributed by atoms with van der Waals surface area (Å²) in [6.07, 6.45) is 5.11. The third kappa shape index (κ3) is 2.51. The number of alkyl halides is 1. The number of thiazole rings is 1. The number of hydrogen-bond donors (Lipinski definition) is 0. The van der Waals surface area contributed by atoms with Crippen molar-refractivity contribution in [3.05, 3.63) is 10.6 Å². The summed E-state index contributed by atoms with van der Waals surface area (Å²) in [5.41, 5.74) is 1.16. The highest BCUT2D eigenvalue weighted by Crippen LogP contribution is 2.30. The van der Waals surface area contributed by atoms with Crippen LogP contribution in [0.15, 0.2) is 0 Å². The first kappa shape index (κ1) is 12.2. The fraction of sp³-hybridized carbons (Fsp3) is 0.750. The average molecular weight is 259 g/mol. The minimum Gasteiger partial charge on any atom is -0.344 e. The van der Waals surface area contributed by atoms with Gasteiger partial charge in [-0.25, -0.2) is 4.98 Å². The Morgan fingerprint density at radius 3 is 2.81 bits per heavy atom. The van der Waals surface area contributed by atoms with E-state index in [1.165, 1.54) is 35.7 Å². The first-order valence-electron chi connectivity index (χ1n) is 5.99. The number of nitrogens with zero attached hydrogens (tertiary/aromatic N) is 2. The van der Waals surface area contributed by atoms with E-state index in [9.17, 15) is 0 Å².